The van der Waals surface area contributed by atoms with Crippen LogP contribution in [0.4, 0.5) is 0 Å². The summed E-state index contributed by atoms with van der Waals surface area (Å²) >= 11 is 0. The number of piperidine rings is 1. The summed E-state index contributed by atoms with van der Waals surface area (Å²) in [6, 6.07) is 11.7. The Bertz CT molecular complexity index is 758. The molecule has 0 radical (unpaired) electrons. The maximum Gasteiger partial charge on any atom is 0.242 e. The molecule has 1 aromatic carbocycles. The smallest absolute Gasteiger partial charge is 0.242 e. The number of amides is 1. The summed E-state index contributed by atoms with van der Waals surface area (Å²) in [6.45, 7) is 2.76. The largest absolute Gasteiger partial charge is 0.477 e. The molecule has 27 heavy (non-hydrogen) atoms. The zero-order valence-corrected chi connectivity index (χ0v) is 15.1. The van der Waals surface area contributed by atoms with E-state index in [0.29, 0.717) is 24.9 Å². The van der Waals surface area contributed by atoms with Gasteiger partial charge in [-0.1, -0.05) is 30.3 Å². The fourth-order valence-corrected chi connectivity index (χ4v) is 3.42. The third-order valence-corrected chi connectivity index (χ3v) is 5.04. The summed E-state index contributed by atoms with van der Waals surface area (Å²) in [5, 5.41) is 0. The van der Waals surface area contributed by atoms with Gasteiger partial charge in [-0.05, 0) is 18.8 Å². The van der Waals surface area contributed by atoms with Crippen molar-refractivity contribution in [3.63, 3.8) is 0 Å². The van der Waals surface area contributed by atoms with Crippen LogP contribution in [0.25, 0.3) is 11.3 Å². The Morgan fingerprint density at radius 2 is 2.00 bits per heavy atom. The molecular weight excluding hydrogens is 344 g/mol. The normalized spacial score (nSPS) is 20.6. The van der Waals surface area contributed by atoms with Gasteiger partial charge in [0.25, 0.3) is 0 Å². The van der Waals surface area contributed by atoms with E-state index in [0.717, 1.165) is 37.2 Å². The highest BCUT2D eigenvalue weighted by Crippen LogP contribution is 2.22. The average molecular weight is 368 g/mol. The van der Waals surface area contributed by atoms with Crippen LogP contribution in [0.1, 0.15) is 12.8 Å². The van der Waals surface area contributed by atoms with Crippen molar-refractivity contribution in [2.45, 2.75) is 18.9 Å². The number of benzene rings is 1. The topological polar surface area (TPSA) is 91.4 Å². The second kappa shape index (κ2) is 8.43. The van der Waals surface area contributed by atoms with Gasteiger partial charge in [0.1, 0.15) is 12.4 Å². The van der Waals surface area contributed by atoms with E-state index in [1.54, 1.807) is 0 Å². The summed E-state index contributed by atoms with van der Waals surface area (Å²) in [6.07, 6.45) is 3.42. The Morgan fingerprint density at radius 1 is 1.19 bits per heavy atom. The Balaban J connectivity index is 1.27. The van der Waals surface area contributed by atoms with Crippen molar-refractivity contribution in [3.8, 4) is 17.1 Å². The minimum Gasteiger partial charge on any atom is -0.477 e. The van der Waals surface area contributed by atoms with Crippen molar-refractivity contribution in [1.82, 2.24) is 31.3 Å². The molecule has 1 aromatic heterocycles. The van der Waals surface area contributed by atoms with E-state index in [1.807, 2.05) is 41.3 Å². The van der Waals surface area contributed by atoms with Gasteiger partial charge in [0.05, 0.1) is 12.3 Å². The molecule has 0 aliphatic carbocycles. The summed E-state index contributed by atoms with van der Waals surface area (Å²) in [4.78, 5) is 22.9. The van der Waals surface area contributed by atoms with Crippen molar-refractivity contribution in [1.29, 1.82) is 0 Å². The minimum atomic E-state index is -0.185. The van der Waals surface area contributed by atoms with Crippen LogP contribution in [-0.4, -0.2) is 53.1 Å². The number of nitrogens with one attached hydrogen (secondary N) is 3. The molecule has 0 bridgehead atoms. The molecule has 1 unspecified atom stereocenters. The summed E-state index contributed by atoms with van der Waals surface area (Å²) < 4.78 is 5.92. The Hall–Kier alpha value is -2.55. The SMILES string of the molecule is O=C(C1CNNN1)N1CCC(COc2cc(-c3ccccc3)ncn2)CC1. The number of hydrazine groups is 2. The fraction of sp³-hybridized carbons (Fsp3) is 0.421. The average Bonchev–Trinajstić information content (AvgIpc) is 3.28. The molecule has 142 valence electrons. The molecule has 2 aliphatic rings. The molecule has 0 saturated carbocycles. The van der Waals surface area contributed by atoms with Gasteiger partial charge in [-0.25, -0.2) is 20.8 Å². The molecule has 3 N–H and O–H groups in total. The minimum absolute atomic E-state index is 0.148. The first-order chi connectivity index (χ1) is 13.3. The number of likely N-dealkylation sites (tertiary alicyclic amines) is 1. The second-order valence-corrected chi connectivity index (χ2v) is 6.89. The maximum atomic E-state index is 12.4. The first kappa shape index (κ1) is 17.8. The van der Waals surface area contributed by atoms with E-state index in [4.69, 9.17) is 4.74 Å². The van der Waals surface area contributed by atoms with E-state index in [-0.39, 0.29) is 11.9 Å². The lowest BCUT2D eigenvalue weighted by Gasteiger charge is -2.33. The third kappa shape index (κ3) is 4.41. The van der Waals surface area contributed by atoms with Crippen molar-refractivity contribution in [2.75, 3.05) is 26.2 Å². The highest BCUT2D eigenvalue weighted by molar-refractivity contribution is 5.82. The van der Waals surface area contributed by atoms with Gasteiger partial charge < -0.3 is 9.64 Å². The van der Waals surface area contributed by atoms with E-state index in [1.165, 1.54) is 6.33 Å². The van der Waals surface area contributed by atoms with Crippen molar-refractivity contribution >= 4 is 5.91 Å². The van der Waals surface area contributed by atoms with E-state index in [2.05, 4.69) is 26.4 Å². The van der Waals surface area contributed by atoms with Crippen LogP contribution >= 0.6 is 0 Å². The summed E-state index contributed by atoms with van der Waals surface area (Å²) in [5.41, 5.74) is 10.5. The Labute approximate surface area is 158 Å². The molecule has 3 heterocycles. The molecule has 0 spiro atoms. The number of rotatable bonds is 5. The van der Waals surface area contributed by atoms with Gasteiger partial charge in [-0.3, -0.25) is 4.79 Å². The van der Waals surface area contributed by atoms with Gasteiger partial charge in [0.15, 0.2) is 0 Å². The third-order valence-electron chi connectivity index (χ3n) is 5.04. The van der Waals surface area contributed by atoms with Gasteiger partial charge in [0, 0.05) is 31.3 Å². The van der Waals surface area contributed by atoms with Crippen LogP contribution in [0.15, 0.2) is 42.7 Å². The van der Waals surface area contributed by atoms with Crippen LogP contribution in [-0.2, 0) is 4.79 Å². The number of nitrogens with zero attached hydrogens (tertiary/aromatic N) is 3. The first-order valence-corrected chi connectivity index (χ1v) is 9.32. The van der Waals surface area contributed by atoms with E-state index >= 15 is 0 Å². The number of carbonyl (C=O) groups excluding carboxylic acids is 1. The molecule has 2 fully saturated rings. The van der Waals surface area contributed by atoms with Crippen LogP contribution in [0.2, 0.25) is 0 Å². The lowest BCUT2D eigenvalue weighted by Crippen LogP contribution is -2.49. The van der Waals surface area contributed by atoms with Crippen LogP contribution in [0.3, 0.4) is 0 Å². The number of aromatic nitrogens is 2. The first-order valence-electron chi connectivity index (χ1n) is 9.32. The van der Waals surface area contributed by atoms with Gasteiger partial charge in [-0.2, -0.15) is 5.53 Å². The van der Waals surface area contributed by atoms with Crippen molar-refractivity contribution in [2.24, 2.45) is 5.92 Å². The maximum absolute atomic E-state index is 12.4. The molecule has 4 rings (SSSR count). The number of hydrogen-bond acceptors (Lipinski definition) is 7. The van der Waals surface area contributed by atoms with E-state index in [9.17, 15) is 4.79 Å². The number of hydrogen-bond donors (Lipinski definition) is 3. The van der Waals surface area contributed by atoms with Crippen molar-refractivity contribution in [3.05, 3.63) is 42.7 Å². The van der Waals surface area contributed by atoms with Gasteiger partial charge in [-0.15, -0.1) is 0 Å². The summed E-state index contributed by atoms with van der Waals surface area (Å²) in [5.74, 6) is 1.17. The zero-order chi connectivity index (χ0) is 18.5. The standard InChI is InChI=1S/C19H24N6O2/c26-19(17-11-22-24-23-17)25-8-6-14(7-9-25)12-27-18-10-16(20-13-21-18)15-4-2-1-3-5-15/h1-5,10,13-14,17,22-24H,6-9,11-12H2. The van der Waals surface area contributed by atoms with Gasteiger partial charge >= 0.3 is 0 Å². The lowest BCUT2D eigenvalue weighted by atomic mass is 9.97. The number of carbonyl (C=O) groups is 1. The highest BCUT2D eigenvalue weighted by atomic mass is 16.5. The zero-order valence-electron chi connectivity index (χ0n) is 15.1. The predicted octanol–water partition coefficient (Wildman–Crippen LogP) is 0.742. The Kier molecular flexibility index (Phi) is 5.57. The predicted molar refractivity (Wildman–Crippen MR) is 100 cm³/mol. The molecule has 2 aromatic rings. The van der Waals surface area contributed by atoms with Crippen LogP contribution in [0, 0.1) is 5.92 Å². The second-order valence-electron chi connectivity index (χ2n) is 6.89. The van der Waals surface area contributed by atoms with E-state index < -0.39 is 0 Å². The quantitative estimate of drug-likeness (QED) is 0.717. The van der Waals surface area contributed by atoms with Crippen molar-refractivity contribution < 1.29 is 9.53 Å². The Morgan fingerprint density at radius 3 is 2.74 bits per heavy atom. The van der Waals surface area contributed by atoms with Crippen LogP contribution in [0.5, 0.6) is 5.88 Å². The van der Waals surface area contributed by atoms with Crippen LogP contribution < -0.4 is 21.1 Å². The molecule has 1 amide bonds. The molecule has 2 aliphatic heterocycles. The molecule has 8 heteroatoms. The lowest BCUT2D eigenvalue weighted by molar-refractivity contribution is -0.134. The molecule has 8 nitrogen and oxygen atoms in total. The molecule has 1 atom stereocenters. The fourth-order valence-electron chi connectivity index (χ4n) is 3.42. The summed E-state index contributed by atoms with van der Waals surface area (Å²) in [7, 11) is 0. The monoisotopic (exact) mass is 368 g/mol. The highest BCUT2D eigenvalue weighted by Gasteiger charge is 2.30. The molecular formula is C19H24N6O2. The number of ether oxygens (including phenoxy) is 1. The van der Waals surface area contributed by atoms with Gasteiger partial charge in [0.2, 0.25) is 11.8 Å². The molecule has 2 saturated heterocycles.